The van der Waals surface area contributed by atoms with Gasteiger partial charge >= 0.3 is 0 Å². The quantitative estimate of drug-likeness (QED) is 0.352. The van der Waals surface area contributed by atoms with E-state index < -0.39 is 0 Å². The van der Waals surface area contributed by atoms with Gasteiger partial charge in [0.1, 0.15) is 0 Å². The smallest absolute Gasteiger partial charge is 0.0917 e. The Morgan fingerprint density at radius 3 is 2.28 bits per heavy atom. The summed E-state index contributed by atoms with van der Waals surface area (Å²) in [7, 11) is 2.61. The summed E-state index contributed by atoms with van der Waals surface area (Å²) < 4.78 is 1.36. The molecule has 2 N–H and O–H groups in total. The van der Waals surface area contributed by atoms with Crippen LogP contribution in [-0.2, 0) is 0 Å². The van der Waals surface area contributed by atoms with Crippen LogP contribution in [0, 0.1) is 58.7 Å². The molecule has 2 heterocycles. The number of hydrogen-bond donors (Lipinski definition) is 2. The highest BCUT2D eigenvalue weighted by Gasteiger charge is 2.64. The van der Waals surface area contributed by atoms with Gasteiger partial charge in [-0.25, -0.2) is 0 Å². The maximum absolute atomic E-state index is 11.2. The van der Waals surface area contributed by atoms with Crippen molar-refractivity contribution in [3.8, 4) is 0 Å². The van der Waals surface area contributed by atoms with E-state index >= 15 is 0 Å². The van der Waals surface area contributed by atoms with Crippen molar-refractivity contribution in [1.29, 1.82) is 0 Å². The zero-order valence-electron chi connectivity index (χ0n) is 20.9. The van der Waals surface area contributed by atoms with Crippen molar-refractivity contribution in [1.82, 2.24) is 0 Å². The third kappa shape index (κ3) is 3.42. The molecule has 0 aromatic rings. The van der Waals surface area contributed by atoms with Crippen molar-refractivity contribution in [3.63, 3.8) is 0 Å². The number of rotatable bonds is 0. The number of quaternary nitrogens is 1. The lowest BCUT2D eigenvalue weighted by molar-refractivity contribution is -0.955. The maximum Gasteiger partial charge on any atom is 0.0917 e. The fourth-order valence-electron chi connectivity index (χ4n) is 11.5. The number of hydrogen-bond acceptors (Lipinski definition) is 2. The Hall–Kier alpha value is 0.610. The van der Waals surface area contributed by atoms with Gasteiger partial charge < -0.3 is 38.7 Å². The SMILES string of the molecule is CC1CC[C@H]2[C@H](C)[C@H]3CC[C@H]4C5CC(O)[C@H]6CC(O)CCC6(C)[C@H]5C[C@H]4C3C[N+]2(C)C1.[I-]. The maximum atomic E-state index is 11.2. The van der Waals surface area contributed by atoms with Crippen molar-refractivity contribution in [2.75, 3.05) is 20.1 Å². The summed E-state index contributed by atoms with van der Waals surface area (Å²) in [5.41, 5.74) is 0.259. The van der Waals surface area contributed by atoms with Crippen LogP contribution in [-0.4, -0.2) is 53.1 Å². The standard InChI is InChI=1S/C28H48NO2.HI/c1-16-5-8-26-17(2)19-6-7-20-21(23(19)15-29(26,4)14-16)12-24-22(20)13-27(31)25-11-18(30)9-10-28(24,25)3;/h16-27,30-31H,5-15H2,1-4H3;1H/q+1;/p-1/t16?,17-,18?,19-,20-,21-,22?,23?,24+,25-,26+,27?,28?,29?;/m1./s1. The number of aliphatic hydroxyl groups excluding tert-OH is 2. The molecule has 14 atom stereocenters. The van der Waals surface area contributed by atoms with E-state index in [-0.39, 0.29) is 41.6 Å². The van der Waals surface area contributed by atoms with Crippen molar-refractivity contribution >= 4 is 0 Å². The molecule has 184 valence electrons. The summed E-state index contributed by atoms with van der Waals surface area (Å²) in [5.74, 6) is 7.28. The van der Waals surface area contributed by atoms with Gasteiger partial charge in [0.15, 0.2) is 0 Å². The van der Waals surface area contributed by atoms with Crippen LogP contribution in [0.25, 0.3) is 0 Å². The molecule has 32 heavy (non-hydrogen) atoms. The van der Waals surface area contributed by atoms with Crippen LogP contribution in [0.3, 0.4) is 0 Å². The summed E-state index contributed by atoms with van der Waals surface area (Å²) in [4.78, 5) is 0. The number of halogens is 1. The molecule has 6 aliphatic rings. The van der Waals surface area contributed by atoms with Crippen LogP contribution < -0.4 is 24.0 Å². The summed E-state index contributed by atoms with van der Waals surface area (Å²) in [5, 5.41) is 21.6. The molecule has 2 aliphatic heterocycles. The first kappa shape index (κ1) is 24.3. The van der Waals surface area contributed by atoms with E-state index in [0.29, 0.717) is 5.92 Å². The molecule has 0 aromatic heterocycles. The predicted molar refractivity (Wildman–Crippen MR) is 124 cm³/mol. The van der Waals surface area contributed by atoms with Gasteiger partial charge in [-0.1, -0.05) is 20.8 Å². The highest BCUT2D eigenvalue weighted by Crippen LogP contribution is 2.67. The second kappa shape index (κ2) is 8.34. The highest BCUT2D eigenvalue weighted by atomic mass is 127. The molecular weight excluding hydrogens is 509 g/mol. The Morgan fingerprint density at radius 1 is 0.750 bits per heavy atom. The van der Waals surface area contributed by atoms with Gasteiger partial charge in [0.05, 0.1) is 38.4 Å². The first-order valence-electron chi connectivity index (χ1n) is 13.9. The van der Waals surface area contributed by atoms with Gasteiger partial charge in [-0.3, -0.25) is 0 Å². The van der Waals surface area contributed by atoms with Crippen LogP contribution >= 0.6 is 0 Å². The molecule has 4 aliphatic carbocycles. The zero-order valence-corrected chi connectivity index (χ0v) is 23.1. The van der Waals surface area contributed by atoms with Crippen LogP contribution in [0.15, 0.2) is 0 Å². The summed E-state index contributed by atoms with van der Waals surface area (Å²) in [6.45, 7) is 10.5. The molecular formula is C28H48INO2. The lowest BCUT2D eigenvalue weighted by Crippen LogP contribution is -3.00. The second-order valence-electron chi connectivity index (χ2n) is 14.0. The van der Waals surface area contributed by atoms with E-state index in [0.717, 1.165) is 79.1 Å². The molecule has 7 unspecified atom stereocenters. The zero-order chi connectivity index (χ0) is 21.7. The fraction of sp³-hybridized carbons (Fsp3) is 1.00. The van der Waals surface area contributed by atoms with Gasteiger partial charge in [0.2, 0.25) is 0 Å². The second-order valence-corrected chi connectivity index (χ2v) is 14.0. The third-order valence-corrected chi connectivity index (χ3v) is 12.7. The Balaban J connectivity index is 0.00000216. The van der Waals surface area contributed by atoms with E-state index in [2.05, 4.69) is 27.8 Å². The Kier molecular flexibility index (Phi) is 6.33. The number of aliphatic hydroxyl groups is 2. The minimum Gasteiger partial charge on any atom is -1.00 e. The summed E-state index contributed by atoms with van der Waals surface area (Å²) >= 11 is 0. The van der Waals surface area contributed by atoms with E-state index in [9.17, 15) is 10.2 Å². The monoisotopic (exact) mass is 557 g/mol. The Labute approximate surface area is 213 Å². The topological polar surface area (TPSA) is 40.5 Å². The molecule has 0 aromatic carbocycles. The van der Waals surface area contributed by atoms with Gasteiger partial charge in [-0.2, -0.15) is 0 Å². The number of piperidine rings is 2. The molecule has 3 nitrogen and oxygen atoms in total. The lowest BCUT2D eigenvalue weighted by atomic mass is 9.51. The minimum absolute atomic E-state index is 0. The summed E-state index contributed by atoms with van der Waals surface area (Å²) in [6, 6.07) is 0.904. The van der Waals surface area contributed by atoms with Gasteiger partial charge in [0, 0.05) is 24.2 Å². The molecule has 6 fully saturated rings. The van der Waals surface area contributed by atoms with Crippen LogP contribution in [0.2, 0.25) is 0 Å². The number of fused-ring (bicyclic) bond motifs is 8. The average molecular weight is 558 g/mol. The number of nitrogens with zero attached hydrogens (tertiary/aromatic N) is 1. The first-order valence-corrected chi connectivity index (χ1v) is 13.9. The van der Waals surface area contributed by atoms with Gasteiger partial charge in [-0.15, -0.1) is 0 Å². The largest absolute Gasteiger partial charge is 1.00 e. The first-order chi connectivity index (χ1) is 14.7. The Morgan fingerprint density at radius 2 is 1.50 bits per heavy atom. The third-order valence-electron chi connectivity index (χ3n) is 12.7. The average Bonchev–Trinajstić information content (AvgIpc) is 3.09. The molecule has 4 saturated carbocycles. The van der Waals surface area contributed by atoms with Crippen LogP contribution in [0.5, 0.6) is 0 Å². The molecule has 4 heteroatoms. The van der Waals surface area contributed by atoms with E-state index in [1.54, 1.807) is 0 Å². The molecule has 2 saturated heterocycles. The van der Waals surface area contributed by atoms with Gasteiger partial charge in [-0.05, 0) is 92.3 Å². The molecule has 6 rings (SSSR count). The van der Waals surface area contributed by atoms with E-state index in [1.165, 1.54) is 49.7 Å². The van der Waals surface area contributed by atoms with Crippen molar-refractivity contribution < 1.29 is 38.7 Å². The van der Waals surface area contributed by atoms with E-state index in [1.807, 2.05) is 0 Å². The fourth-order valence-corrected chi connectivity index (χ4v) is 11.5. The van der Waals surface area contributed by atoms with Crippen LogP contribution in [0.4, 0.5) is 0 Å². The van der Waals surface area contributed by atoms with Gasteiger partial charge in [0.25, 0.3) is 0 Å². The summed E-state index contributed by atoms with van der Waals surface area (Å²) in [6.07, 6.45) is 10.8. The molecule has 0 bridgehead atoms. The van der Waals surface area contributed by atoms with Crippen molar-refractivity contribution in [3.05, 3.63) is 0 Å². The normalized spacial score (nSPS) is 61.3. The molecule has 0 radical (unpaired) electrons. The predicted octanol–water partition coefficient (Wildman–Crippen LogP) is 1.71. The van der Waals surface area contributed by atoms with Crippen molar-refractivity contribution in [2.45, 2.75) is 96.8 Å². The highest BCUT2D eigenvalue weighted by molar-refractivity contribution is 5.11. The lowest BCUT2D eigenvalue weighted by Gasteiger charge is -2.60. The Bertz CT molecular complexity index is 718. The van der Waals surface area contributed by atoms with E-state index in [4.69, 9.17) is 0 Å². The molecule has 0 spiro atoms. The van der Waals surface area contributed by atoms with Crippen molar-refractivity contribution in [2.24, 2.45) is 58.7 Å². The van der Waals surface area contributed by atoms with Crippen LogP contribution in [0.1, 0.15) is 78.6 Å². The minimum atomic E-state index is -0.181. The molecule has 0 amide bonds.